The first-order valence-electron chi connectivity index (χ1n) is 7.25. The Morgan fingerprint density at radius 3 is 2.64 bits per heavy atom. The third kappa shape index (κ3) is 3.12. The lowest BCUT2D eigenvalue weighted by atomic mass is 10.2. The fourth-order valence-electron chi connectivity index (χ4n) is 2.50. The van der Waals surface area contributed by atoms with Crippen molar-refractivity contribution in [2.24, 2.45) is 0 Å². The molecule has 0 radical (unpaired) electrons. The molecule has 1 N–H and O–H groups in total. The zero-order valence-corrected chi connectivity index (χ0v) is 13.9. The van der Waals surface area contributed by atoms with Gasteiger partial charge in [-0.05, 0) is 18.2 Å². The summed E-state index contributed by atoms with van der Waals surface area (Å²) in [6.07, 6.45) is 2.17. The first-order chi connectivity index (χ1) is 11.8. The van der Waals surface area contributed by atoms with Gasteiger partial charge >= 0.3 is 10.2 Å². The Morgan fingerprint density at radius 1 is 1.16 bits per heavy atom. The summed E-state index contributed by atoms with van der Waals surface area (Å²) >= 11 is 0. The summed E-state index contributed by atoms with van der Waals surface area (Å²) in [6, 6.07) is 4.69. The van der Waals surface area contributed by atoms with Crippen LogP contribution in [-0.2, 0) is 10.2 Å². The van der Waals surface area contributed by atoms with Crippen LogP contribution in [0.25, 0.3) is 0 Å². The van der Waals surface area contributed by atoms with Crippen molar-refractivity contribution in [3.05, 3.63) is 53.9 Å². The molecule has 1 aliphatic rings. The number of carbonyl (C=O) groups is 1. The van der Waals surface area contributed by atoms with Gasteiger partial charge in [0.1, 0.15) is 11.6 Å². The van der Waals surface area contributed by atoms with E-state index in [-0.39, 0.29) is 24.3 Å². The molecule has 0 saturated heterocycles. The van der Waals surface area contributed by atoms with Gasteiger partial charge in [-0.3, -0.25) is 14.1 Å². The number of amides is 1. The van der Waals surface area contributed by atoms with Crippen LogP contribution < -0.4 is 13.9 Å². The highest BCUT2D eigenvalue weighted by molar-refractivity contribution is 7.94. The summed E-state index contributed by atoms with van der Waals surface area (Å²) in [4.78, 5) is 15.5. The Hall–Kier alpha value is -2.75. The van der Waals surface area contributed by atoms with Gasteiger partial charge in [0.15, 0.2) is 0 Å². The number of hydrogen-bond donors (Lipinski definition) is 1. The van der Waals surface area contributed by atoms with Crippen molar-refractivity contribution in [1.29, 1.82) is 0 Å². The van der Waals surface area contributed by atoms with Crippen molar-refractivity contribution in [1.82, 2.24) is 10.3 Å². The summed E-state index contributed by atoms with van der Waals surface area (Å²) in [6.45, 7) is -0.143. The number of hydrogen-bond acceptors (Lipinski definition) is 4. The summed E-state index contributed by atoms with van der Waals surface area (Å²) in [5.41, 5.74) is 0.569. The van der Waals surface area contributed by atoms with Crippen LogP contribution in [0.2, 0.25) is 0 Å². The molecule has 2 aromatic rings. The van der Waals surface area contributed by atoms with Crippen LogP contribution in [0.5, 0.6) is 0 Å². The van der Waals surface area contributed by atoms with Gasteiger partial charge in [-0.25, -0.2) is 13.1 Å². The largest absolute Gasteiger partial charge is 0.350 e. The minimum atomic E-state index is -3.83. The van der Waals surface area contributed by atoms with E-state index in [0.29, 0.717) is 5.69 Å². The second-order valence-electron chi connectivity index (χ2n) is 5.33. The monoisotopic (exact) mass is 368 g/mol. The van der Waals surface area contributed by atoms with Gasteiger partial charge in [0.05, 0.1) is 29.7 Å². The van der Waals surface area contributed by atoms with Gasteiger partial charge in [-0.1, -0.05) is 0 Å². The van der Waals surface area contributed by atoms with Crippen molar-refractivity contribution in [3.63, 3.8) is 0 Å². The number of aromatic nitrogens is 1. The summed E-state index contributed by atoms with van der Waals surface area (Å²) in [5, 5.41) is 2.49. The van der Waals surface area contributed by atoms with Gasteiger partial charge in [0.25, 0.3) is 5.91 Å². The molecule has 1 aliphatic heterocycles. The standard InChI is InChI=1S/C15H14F2N4O3S/c1-20-13-3-2-11(16)7-14(13)21(25(20,23)24)5-4-19-15(22)10-6-12(17)9-18-8-10/h2-3,6-9H,4-5H2,1H3,(H,19,22). The second-order valence-corrected chi connectivity index (χ2v) is 7.21. The molecule has 7 nitrogen and oxygen atoms in total. The molecule has 10 heteroatoms. The van der Waals surface area contributed by atoms with Crippen molar-refractivity contribution in [3.8, 4) is 0 Å². The maximum Gasteiger partial charge on any atom is 0.326 e. The first-order valence-corrected chi connectivity index (χ1v) is 8.65. The molecule has 0 aliphatic carbocycles. The van der Waals surface area contributed by atoms with Crippen molar-refractivity contribution < 1.29 is 22.0 Å². The maximum atomic E-state index is 13.5. The molecule has 0 fully saturated rings. The highest BCUT2D eigenvalue weighted by Crippen LogP contribution is 2.39. The smallest absolute Gasteiger partial charge is 0.326 e. The number of pyridine rings is 1. The second kappa shape index (κ2) is 6.28. The number of benzene rings is 1. The van der Waals surface area contributed by atoms with E-state index in [2.05, 4.69) is 10.3 Å². The fourth-order valence-corrected chi connectivity index (χ4v) is 3.92. The first kappa shape index (κ1) is 17.1. The van der Waals surface area contributed by atoms with Crippen LogP contribution in [0.3, 0.4) is 0 Å². The van der Waals surface area contributed by atoms with E-state index in [1.54, 1.807) is 0 Å². The predicted octanol–water partition coefficient (Wildman–Crippen LogP) is 1.29. The molecule has 1 aromatic carbocycles. The fraction of sp³-hybridized carbons (Fsp3) is 0.200. The van der Waals surface area contributed by atoms with Crippen molar-refractivity contribution in [2.45, 2.75) is 0 Å². The van der Waals surface area contributed by atoms with Crippen molar-refractivity contribution >= 4 is 27.5 Å². The lowest BCUT2D eigenvalue weighted by Crippen LogP contribution is -2.40. The number of nitrogens with zero attached hydrogens (tertiary/aromatic N) is 3. The lowest BCUT2D eigenvalue weighted by molar-refractivity contribution is 0.0954. The highest BCUT2D eigenvalue weighted by atomic mass is 32.2. The summed E-state index contributed by atoms with van der Waals surface area (Å²) in [7, 11) is -2.47. The third-order valence-electron chi connectivity index (χ3n) is 3.74. The molecule has 25 heavy (non-hydrogen) atoms. The maximum absolute atomic E-state index is 13.5. The van der Waals surface area contributed by atoms with Gasteiger partial charge < -0.3 is 5.32 Å². The molecule has 132 valence electrons. The molecule has 3 rings (SSSR count). The average molecular weight is 368 g/mol. The minimum absolute atomic E-state index is 0.0211. The van der Waals surface area contributed by atoms with Crippen LogP contribution in [-0.4, -0.2) is 39.4 Å². The average Bonchev–Trinajstić information content (AvgIpc) is 2.75. The zero-order valence-electron chi connectivity index (χ0n) is 13.1. The minimum Gasteiger partial charge on any atom is -0.350 e. The van der Waals surface area contributed by atoms with E-state index < -0.39 is 27.8 Å². The van der Waals surface area contributed by atoms with Gasteiger partial charge in [-0.15, -0.1) is 0 Å². The summed E-state index contributed by atoms with van der Waals surface area (Å²) < 4.78 is 53.4. The van der Waals surface area contributed by atoms with E-state index in [1.165, 1.54) is 25.4 Å². The van der Waals surface area contributed by atoms with Gasteiger partial charge in [-0.2, -0.15) is 8.42 Å². The van der Waals surface area contributed by atoms with E-state index in [0.717, 1.165) is 26.9 Å². The third-order valence-corrected chi connectivity index (χ3v) is 5.56. The van der Waals surface area contributed by atoms with E-state index in [4.69, 9.17) is 0 Å². The highest BCUT2D eigenvalue weighted by Gasteiger charge is 2.37. The van der Waals surface area contributed by atoms with Crippen LogP contribution >= 0.6 is 0 Å². The molecular formula is C15H14F2N4O3S. The Kier molecular flexibility index (Phi) is 4.29. The Labute approximate surface area is 143 Å². The van der Waals surface area contributed by atoms with Crippen LogP contribution in [0.1, 0.15) is 10.4 Å². The molecule has 2 heterocycles. The molecular weight excluding hydrogens is 354 g/mol. The molecule has 0 bridgehead atoms. The normalized spacial score (nSPS) is 15.2. The number of anilines is 2. The summed E-state index contributed by atoms with van der Waals surface area (Å²) in [5.74, 6) is -1.80. The van der Waals surface area contributed by atoms with E-state index in [1.807, 2.05) is 0 Å². The SMILES string of the molecule is CN1c2ccc(F)cc2N(CCNC(=O)c2cncc(F)c2)S1(=O)=O. The van der Waals surface area contributed by atoms with Gasteiger partial charge in [0, 0.05) is 25.9 Å². The molecule has 0 saturated carbocycles. The van der Waals surface area contributed by atoms with Crippen LogP contribution in [0.15, 0.2) is 36.7 Å². The lowest BCUT2D eigenvalue weighted by Gasteiger charge is -2.19. The molecule has 1 aromatic heterocycles. The van der Waals surface area contributed by atoms with Crippen LogP contribution in [0, 0.1) is 11.6 Å². The van der Waals surface area contributed by atoms with Crippen molar-refractivity contribution in [2.75, 3.05) is 28.7 Å². The van der Waals surface area contributed by atoms with Crippen LogP contribution in [0.4, 0.5) is 20.2 Å². The quantitative estimate of drug-likeness (QED) is 0.882. The molecule has 0 atom stereocenters. The Bertz CT molecular complexity index is 936. The number of rotatable bonds is 4. The number of carbonyl (C=O) groups excluding carboxylic acids is 1. The number of fused-ring (bicyclic) bond motifs is 1. The molecule has 0 unspecified atom stereocenters. The van der Waals surface area contributed by atoms with E-state index in [9.17, 15) is 22.0 Å². The molecule has 1 amide bonds. The predicted molar refractivity (Wildman–Crippen MR) is 87.6 cm³/mol. The topological polar surface area (TPSA) is 82.6 Å². The Balaban J connectivity index is 1.73. The van der Waals surface area contributed by atoms with Gasteiger partial charge in [0.2, 0.25) is 0 Å². The number of nitrogens with one attached hydrogen (secondary N) is 1. The Morgan fingerprint density at radius 2 is 1.92 bits per heavy atom. The number of halogens is 2. The van der Waals surface area contributed by atoms with E-state index >= 15 is 0 Å². The zero-order chi connectivity index (χ0) is 18.2. The molecule has 0 spiro atoms.